The molecule has 0 saturated carbocycles. The van der Waals surface area contributed by atoms with Gasteiger partial charge in [0, 0.05) is 44.5 Å². The highest BCUT2D eigenvalue weighted by Crippen LogP contribution is 2.31. The van der Waals surface area contributed by atoms with Crippen LogP contribution in [0.3, 0.4) is 0 Å². The zero-order chi connectivity index (χ0) is 18.9. The van der Waals surface area contributed by atoms with Gasteiger partial charge in [-0.15, -0.1) is 0 Å². The normalized spacial score (nSPS) is 16.1. The number of rotatable bonds is 3. The number of pyridine rings is 1. The monoisotopic (exact) mass is 382 g/mol. The van der Waals surface area contributed by atoms with Gasteiger partial charge in [-0.1, -0.05) is 0 Å². The van der Waals surface area contributed by atoms with E-state index in [-0.39, 0.29) is 17.8 Å². The van der Waals surface area contributed by atoms with Crippen LogP contribution in [0.25, 0.3) is 10.9 Å². The largest absolute Gasteiger partial charge is 0.480 e. The number of carbonyl (C=O) groups is 1. The van der Waals surface area contributed by atoms with Crippen molar-refractivity contribution < 1.29 is 18.7 Å². The molecule has 0 N–H and O–H groups in total. The molecule has 0 bridgehead atoms. The third kappa shape index (κ3) is 4.04. The van der Waals surface area contributed by atoms with E-state index in [0.29, 0.717) is 37.1 Å². The summed E-state index contributed by atoms with van der Waals surface area (Å²) in [6.07, 6.45) is 2.73. The molecule has 26 heavy (non-hydrogen) atoms. The van der Waals surface area contributed by atoms with Crippen molar-refractivity contribution in [1.29, 1.82) is 0 Å². The number of amides is 1. The van der Waals surface area contributed by atoms with E-state index in [0.717, 1.165) is 0 Å². The fourth-order valence-electron chi connectivity index (χ4n) is 2.70. The van der Waals surface area contributed by atoms with Crippen LogP contribution in [0.2, 0.25) is 0 Å². The second-order valence-electron chi connectivity index (χ2n) is 7.00. The summed E-state index contributed by atoms with van der Waals surface area (Å²) in [5, 5.41) is 0.370. The Morgan fingerprint density at radius 2 is 1.96 bits per heavy atom. The van der Waals surface area contributed by atoms with Crippen LogP contribution < -0.4 is 4.74 Å². The van der Waals surface area contributed by atoms with Gasteiger partial charge >= 0.3 is 6.09 Å². The van der Waals surface area contributed by atoms with Gasteiger partial charge in [0.25, 0.3) is 0 Å². The molecule has 0 unspecified atom stereocenters. The van der Waals surface area contributed by atoms with Crippen LogP contribution in [0.5, 0.6) is 5.88 Å². The van der Waals surface area contributed by atoms with E-state index in [1.165, 1.54) is 25.4 Å². The van der Waals surface area contributed by atoms with Gasteiger partial charge in [-0.2, -0.15) is 0 Å². The average molecular weight is 382 g/mol. The second kappa shape index (κ2) is 7.32. The number of methoxy groups -OCH3 is 1. The minimum absolute atomic E-state index is 0.272. The molecule has 0 aliphatic carbocycles. The highest BCUT2D eigenvalue weighted by molar-refractivity contribution is 7.95. The number of hydrogen-bond acceptors (Lipinski definition) is 6. The Morgan fingerprint density at radius 3 is 2.58 bits per heavy atom. The molecule has 2 aromatic rings. The number of hydrogen-bond donors (Lipinski definition) is 0. The molecule has 1 aliphatic rings. The summed E-state index contributed by atoms with van der Waals surface area (Å²) in [6, 6.07) is 1.75. The SMILES string of the molecule is COc1nccc2c1c(F)cn2SN1CCN(C(=O)OC(C)(C)C)CC1. The van der Waals surface area contributed by atoms with Gasteiger partial charge in [-0.3, -0.25) is 3.97 Å². The van der Waals surface area contributed by atoms with Crippen LogP contribution in [-0.4, -0.2) is 63.1 Å². The van der Waals surface area contributed by atoms with Crippen LogP contribution in [0.1, 0.15) is 20.8 Å². The first-order valence-electron chi connectivity index (χ1n) is 8.39. The Hall–Kier alpha value is -2.00. The number of carbonyl (C=O) groups excluding carboxylic acids is 1. The van der Waals surface area contributed by atoms with Gasteiger partial charge in [0.15, 0.2) is 5.82 Å². The van der Waals surface area contributed by atoms with Crippen molar-refractivity contribution in [3.05, 3.63) is 24.3 Å². The standard InChI is InChI=1S/C17H23FN4O3S/c1-17(2,3)25-16(23)20-7-9-21(10-8-20)26-22-11-12(18)14-13(22)5-6-19-15(14)24-4/h5-6,11H,7-10H2,1-4H3. The smallest absolute Gasteiger partial charge is 0.410 e. The first-order chi connectivity index (χ1) is 12.3. The van der Waals surface area contributed by atoms with Gasteiger partial charge in [-0.25, -0.2) is 18.5 Å². The Balaban J connectivity index is 1.65. The number of halogens is 1. The molecule has 1 fully saturated rings. The van der Waals surface area contributed by atoms with Gasteiger partial charge in [-0.05, 0) is 26.8 Å². The minimum Gasteiger partial charge on any atom is -0.480 e. The molecule has 1 amide bonds. The number of aromatic nitrogens is 2. The van der Waals surface area contributed by atoms with Crippen molar-refractivity contribution in [3.8, 4) is 5.88 Å². The van der Waals surface area contributed by atoms with Crippen molar-refractivity contribution in [1.82, 2.24) is 18.2 Å². The average Bonchev–Trinajstić information content (AvgIpc) is 2.90. The lowest BCUT2D eigenvalue weighted by molar-refractivity contribution is 0.0197. The lowest BCUT2D eigenvalue weighted by Gasteiger charge is -2.34. The number of ether oxygens (including phenoxy) is 2. The van der Waals surface area contributed by atoms with Crippen molar-refractivity contribution in [2.75, 3.05) is 33.3 Å². The van der Waals surface area contributed by atoms with Gasteiger partial charge in [0.1, 0.15) is 5.60 Å². The van der Waals surface area contributed by atoms with Crippen molar-refractivity contribution in [2.45, 2.75) is 26.4 Å². The molecule has 9 heteroatoms. The molecule has 1 aliphatic heterocycles. The Labute approximate surface area is 156 Å². The van der Waals surface area contributed by atoms with Crippen molar-refractivity contribution in [2.24, 2.45) is 0 Å². The molecule has 2 aromatic heterocycles. The third-order valence-electron chi connectivity index (χ3n) is 3.89. The van der Waals surface area contributed by atoms with E-state index in [1.54, 1.807) is 21.1 Å². The van der Waals surface area contributed by atoms with Crippen molar-refractivity contribution in [3.63, 3.8) is 0 Å². The van der Waals surface area contributed by atoms with E-state index in [2.05, 4.69) is 9.29 Å². The third-order valence-corrected chi connectivity index (χ3v) is 4.96. The highest BCUT2D eigenvalue weighted by atomic mass is 32.2. The van der Waals surface area contributed by atoms with E-state index >= 15 is 0 Å². The summed E-state index contributed by atoms with van der Waals surface area (Å²) in [7, 11) is 1.47. The Bertz CT molecular complexity index is 797. The number of fused-ring (bicyclic) bond motifs is 1. The summed E-state index contributed by atoms with van der Waals surface area (Å²) in [6.45, 7) is 8.01. The lowest BCUT2D eigenvalue weighted by Crippen LogP contribution is -2.48. The van der Waals surface area contributed by atoms with E-state index < -0.39 is 5.60 Å². The molecule has 0 spiro atoms. The van der Waals surface area contributed by atoms with Gasteiger partial charge < -0.3 is 14.4 Å². The summed E-state index contributed by atoms with van der Waals surface area (Å²) in [4.78, 5) is 17.9. The summed E-state index contributed by atoms with van der Waals surface area (Å²) >= 11 is 1.41. The first-order valence-corrected chi connectivity index (χ1v) is 9.12. The molecule has 0 aromatic carbocycles. The predicted molar refractivity (Wildman–Crippen MR) is 98.6 cm³/mol. The van der Waals surface area contributed by atoms with E-state index in [1.807, 2.05) is 20.8 Å². The second-order valence-corrected chi connectivity index (χ2v) is 8.07. The van der Waals surface area contributed by atoms with Crippen LogP contribution >= 0.6 is 12.1 Å². The summed E-state index contributed by atoms with van der Waals surface area (Å²) in [5.74, 6) is -0.0982. The topological polar surface area (TPSA) is 59.8 Å². The molecule has 142 valence electrons. The predicted octanol–water partition coefficient (Wildman–Crippen LogP) is 3.15. The highest BCUT2D eigenvalue weighted by Gasteiger charge is 2.27. The maximum Gasteiger partial charge on any atom is 0.410 e. The first kappa shape index (κ1) is 18.8. The van der Waals surface area contributed by atoms with Gasteiger partial charge in [0.2, 0.25) is 5.88 Å². The maximum atomic E-state index is 14.3. The molecule has 1 saturated heterocycles. The Kier molecular flexibility index (Phi) is 5.29. The molecule has 3 rings (SSSR count). The quantitative estimate of drug-likeness (QED) is 0.760. The molecular formula is C17H23FN4O3S. The molecule has 7 nitrogen and oxygen atoms in total. The number of piperazine rings is 1. The van der Waals surface area contributed by atoms with E-state index in [9.17, 15) is 9.18 Å². The fraction of sp³-hybridized carbons (Fsp3) is 0.529. The Morgan fingerprint density at radius 1 is 1.27 bits per heavy atom. The molecular weight excluding hydrogens is 359 g/mol. The summed E-state index contributed by atoms with van der Waals surface area (Å²) < 4.78 is 28.7. The van der Waals surface area contributed by atoms with E-state index in [4.69, 9.17) is 9.47 Å². The van der Waals surface area contributed by atoms with Crippen LogP contribution in [-0.2, 0) is 4.74 Å². The summed E-state index contributed by atoms with van der Waals surface area (Å²) in [5.41, 5.74) is 0.200. The fourth-order valence-corrected chi connectivity index (χ4v) is 3.66. The molecule has 3 heterocycles. The van der Waals surface area contributed by atoms with Crippen LogP contribution in [0.4, 0.5) is 9.18 Å². The zero-order valence-electron chi connectivity index (χ0n) is 15.4. The van der Waals surface area contributed by atoms with Crippen LogP contribution in [0.15, 0.2) is 18.5 Å². The minimum atomic E-state index is -0.502. The number of nitrogens with zero attached hydrogens (tertiary/aromatic N) is 4. The molecule has 0 atom stereocenters. The lowest BCUT2D eigenvalue weighted by atomic mass is 10.2. The molecule has 0 radical (unpaired) electrons. The van der Waals surface area contributed by atoms with Gasteiger partial charge in [0.05, 0.1) is 24.2 Å². The maximum absolute atomic E-state index is 14.3. The van der Waals surface area contributed by atoms with Crippen LogP contribution in [0, 0.1) is 5.82 Å². The van der Waals surface area contributed by atoms with Crippen molar-refractivity contribution >= 4 is 29.1 Å². The zero-order valence-corrected chi connectivity index (χ0v) is 16.2.